The minimum Gasteiger partial charge on any atom is -0.497 e. The summed E-state index contributed by atoms with van der Waals surface area (Å²) in [6, 6.07) is 21.8. The van der Waals surface area contributed by atoms with Gasteiger partial charge in [0, 0.05) is 24.2 Å². The molecule has 1 amide bonds. The zero-order valence-electron chi connectivity index (χ0n) is 20.2. The highest BCUT2D eigenvalue weighted by atomic mass is 32.1. The van der Waals surface area contributed by atoms with Crippen LogP contribution in [0.25, 0.3) is 0 Å². The number of thiazole rings is 1. The summed E-state index contributed by atoms with van der Waals surface area (Å²) < 4.78 is 16.3. The molecule has 184 valence electrons. The number of rotatable bonds is 9. The van der Waals surface area contributed by atoms with E-state index in [1.165, 1.54) is 11.3 Å². The van der Waals surface area contributed by atoms with Gasteiger partial charge >= 0.3 is 0 Å². The van der Waals surface area contributed by atoms with E-state index >= 15 is 0 Å². The summed E-state index contributed by atoms with van der Waals surface area (Å²) in [5, 5.41) is 5.60. The van der Waals surface area contributed by atoms with Crippen molar-refractivity contribution in [1.82, 2.24) is 9.88 Å². The van der Waals surface area contributed by atoms with Crippen molar-refractivity contribution in [2.45, 2.75) is 26.6 Å². The van der Waals surface area contributed by atoms with E-state index in [9.17, 15) is 4.79 Å². The molecule has 0 saturated carbocycles. The lowest BCUT2D eigenvalue weighted by atomic mass is 10.1. The highest BCUT2D eigenvalue weighted by Crippen LogP contribution is 2.33. The number of benzene rings is 3. The lowest BCUT2D eigenvalue weighted by Crippen LogP contribution is -2.22. The molecule has 3 aromatic carbocycles. The first-order valence-electron chi connectivity index (χ1n) is 11.6. The number of nitrogens with one attached hydrogen (secondary N) is 1. The molecule has 0 saturated heterocycles. The first kappa shape index (κ1) is 23.8. The van der Waals surface area contributed by atoms with Crippen LogP contribution < -0.4 is 19.5 Å². The first-order chi connectivity index (χ1) is 17.6. The van der Waals surface area contributed by atoms with E-state index in [1.54, 1.807) is 7.11 Å². The molecular weight excluding hydrogens is 474 g/mol. The van der Waals surface area contributed by atoms with E-state index in [0.717, 1.165) is 44.6 Å². The third kappa shape index (κ3) is 5.84. The molecule has 2 heterocycles. The van der Waals surface area contributed by atoms with Gasteiger partial charge in [-0.25, -0.2) is 4.98 Å². The number of fused-ring (bicyclic) bond motifs is 1. The molecule has 8 heteroatoms. The fourth-order valence-corrected chi connectivity index (χ4v) is 4.78. The maximum atomic E-state index is 12.7. The summed E-state index contributed by atoms with van der Waals surface area (Å²) in [6.45, 7) is 4.26. The van der Waals surface area contributed by atoms with Crippen molar-refractivity contribution in [3.63, 3.8) is 0 Å². The Hall–Kier alpha value is -3.88. The third-order valence-electron chi connectivity index (χ3n) is 5.86. The van der Waals surface area contributed by atoms with Gasteiger partial charge in [0.2, 0.25) is 6.79 Å². The number of amides is 1. The van der Waals surface area contributed by atoms with Crippen LogP contribution in [0.15, 0.2) is 72.1 Å². The molecule has 0 unspecified atom stereocenters. The summed E-state index contributed by atoms with van der Waals surface area (Å²) in [5.74, 6) is 2.15. The van der Waals surface area contributed by atoms with Gasteiger partial charge in [0.15, 0.2) is 11.5 Å². The van der Waals surface area contributed by atoms with Crippen molar-refractivity contribution in [3.05, 3.63) is 99.5 Å². The fraction of sp³-hybridized carbons (Fsp3) is 0.214. The molecule has 1 aliphatic rings. The van der Waals surface area contributed by atoms with Gasteiger partial charge in [0.1, 0.15) is 16.5 Å². The van der Waals surface area contributed by atoms with Crippen LogP contribution in [0.1, 0.15) is 32.2 Å². The van der Waals surface area contributed by atoms with Gasteiger partial charge in [-0.3, -0.25) is 9.69 Å². The van der Waals surface area contributed by atoms with Crippen molar-refractivity contribution in [3.8, 4) is 17.2 Å². The van der Waals surface area contributed by atoms with Crippen LogP contribution >= 0.6 is 11.3 Å². The van der Waals surface area contributed by atoms with Crippen molar-refractivity contribution in [2.75, 3.05) is 19.2 Å². The Morgan fingerprint density at radius 3 is 2.47 bits per heavy atom. The predicted octanol–water partition coefficient (Wildman–Crippen LogP) is 5.64. The maximum absolute atomic E-state index is 12.7. The number of hydrogen-bond acceptors (Lipinski definition) is 7. The Kier molecular flexibility index (Phi) is 7.16. The highest BCUT2D eigenvalue weighted by Gasteiger charge is 2.17. The van der Waals surface area contributed by atoms with E-state index in [0.29, 0.717) is 25.3 Å². The number of anilines is 1. The Balaban J connectivity index is 1.31. The van der Waals surface area contributed by atoms with Crippen LogP contribution in [0.2, 0.25) is 0 Å². The van der Waals surface area contributed by atoms with Gasteiger partial charge in [-0.2, -0.15) is 0 Å². The SMILES string of the molecule is COc1ccc(CN(Cc2ccc3c(c2)OCO3)Cc2nc(C(=O)Nc3ccc(C)cc3)cs2)cc1. The minimum absolute atomic E-state index is 0.209. The molecule has 0 atom stereocenters. The molecule has 1 aliphatic heterocycles. The lowest BCUT2D eigenvalue weighted by Gasteiger charge is -2.22. The van der Waals surface area contributed by atoms with Crippen LogP contribution in [0, 0.1) is 6.92 Å². The van der Waals surface area contributed by atoms with Gasteiger partial charge in [-0.15, -0.1) is 11.3 Å². The lowest BCUT2D eigenvalue weighted by molar-refractivity contribution is 0.102. The van der Waals surface area contributed by atoms with Crippen LogP contribution in [0.5, 0.6) is 17.2 Å². The second-order valence-electron chi connectivity index (χ2n) is 8.63. The van der Waals surface area contributed by atoms with Crippen LogP contribution in [-0.4, -0.2) is 29.7 Å². The van der Waals surface area contributed by atoms with Gasteiger partial charge < -0.3 is 19.5 Å². The summed E-state index contributed by atoms with van der Waals surface area (Å²) in [4.78, 5) is 19.7. The first-order valence-corrected chi connectivity index (χ1v) is 12.5. The van der Waals surface area contributed by atoms with Crippen molar-refractivity contribution in [2.24, 2.45) is 0 Å². The second kappa shape index (κ2) is 10.8. The fourth-order valence-electron chi connectivity index (χ4n) is 3.97. The van der Waals surface area contributed by atoms with E-state index < -0.39 is 0 Å². The molecule has 1 aromatic heterocycles. The number of aromatic nitrogens is 1. The van der Waals surface area contributed by atoms with Crippen molar-refractivity contribution in [1.29, 1.82) is 0 Å². The third-order valence-corrected chi connectivity index (χ3v) is 6.69. The molecule has 7 nitrogen and oxygen atoms in total. The molecular formula is C28H27N3O4S. The van der Waals surface area contributed by atoms with Gasteiger partial charge in [0.05, 0.1) is 13.7 Å². The largest absolute Gasteiger partial charge is 0.497 e. The molecule has 0 fully saturated rings. The molecule has 0 radical (unpaired) electrons. The molecule has 4 aromatic rings. The van der Waals surface area contributed by atoms with E-state index in [1.807, 2.05) is 60.8 Å². The average Bonchev–Trinajstić information content (AvgIpc) is 3.55. The Labute approximate surface area is 214 Å². The van der Waals surface area contributed by atoms with Crippen molar-refractivity contribution >= 4 is 22.9 Å². The molecule has 0 spiro atoms. The smallest absolute Gasteiger partial charge is 0.275 e. The number of carbonyl (C=O) groups is 1. The van der Waals surface area contributed by atoms with E-state index in [4.69, 9.17) is 14.2 Å². The van der Waals surface area contributed by atoms with E-state index in [-0.39, 0.29) is 12.7 Å². The van der Waals surface area contributed by atoms with Gasteiger partial charge in [-0.05, 0) is 54.4 Å². The maximum Gasteiger partial charge on any atom is 0.275 e. The molecule has 5 rings (SSSR count). The second-order valence-corrected chi connectivity index (χ2v) is 9.57. The molecule has 1 N–H and O–H groups in total. The number of hydrogen-bond donors (Lipinski definition) is 1. The summed E-state index contributed by atoms with van der Waals surface area (Å²) in [6.07, 6.45) is 0. The monoisotopic (exact) mass is 501 g/mol. The standard InChI is InChI=1S/C28H27N3O4S/c1-19-3-8-22(9-4-19)29-28(32)24-17-36-27(30-24)16-31(14-20-5-10-23(33-2)11-6-20)15-21-7-12-25-26(13-21)35-18-34-25/h3-13,17H,14-16,18H2,1-2H3,(H,29,32). The molecule has 0 bridgehead atoms. The highest BCUT2D eigenvalue weighted by molar-refractivity contribution is 7.09. The van der Waals surface area contributed by atoms with Crippen LogP contribution in [0.4, 0.5) is 5.69 Å². The summed E-state index contributed by atoms with van der Waals surface area (Å²) in [5.41, 5.74) is 4.59. The zero-order chi connectivity index (χ0) is 24.9. The van der Waals surface area contributed by atoms with Gasteiger partial charge in [-0.1, -0.05) is 35.9 Å². The average molecular weight is 502 g/mol. The quantitative estimate of drug-likeness (QED) is 0.320. The van der Waals surface area contributed by atoms with Crippen LogP contribution in [0.3, 0.4) is 0 Å². The zero-order valence-corrected chi connectivity index (χ0v) is 21.0. The molecule has 0 aliphatic carbocycles. The van der Waals surface area contributed by atoms with E-state index in [2.05, 4.69) is 33.4 Å². The van der Waals surface area contributed by atoms with Gasteiger partial charge in [0.25, 0.3) is 5.91 Å². The number of ether oxygens (including phenoxy) is 3. The summed E-state index contributed by atoms with van der Waals surface area (Å²) in [7, 11) is 1.66. The van der Waals surface area contributed by atoms with Crippen LogP contribution in [-0.2, 0) is 19.6 Å². The Morgan fingerprint density at radius 2 is 1.69 bits per heavy atom. The number of carbonyl (C=O) groups excluding carboxylic acids is 1. The Morgan fingerprint density at radius 1 is 0.972 bits per heavy atom. The number of nitrogens with zero attached hydrogens (tertiary/aromatic N) is 2. The number of methoxy groups -OCH3 is 1. The normalized spacial score (nSPS) is 12.1. The topological polar surface area (TPSA) is 72.9 Å². The Bertz CT molecular complexity index is 1340. The summed E-state index contributed by atoms with van der Waals surface area (Å²) >= 11 is 1.49. The molecule has 36 heavy (non-hydrogen) atoms. The minimum atomic E-state index is -0.209. The predicted molar refractivity (Wildman–Crippen MR) is 140 cm³/mol. The van der Waals surface area contributed by atoms with Crippen molar-refractivity contribution < 1.29 is 19.0 Å². The number of aryl methyl sites for hydroxylation is 1.